The molecule has 1 aliphatic rings. The molecule has 0 saturated carbocycles. The van der Waals surface area contributed by atoms with Crippen molar-refractivity contribution in [1.29, 1.82) is 0 Å². The Balaban J connectivity index is 1.83. The second-order valence-corrected chi connectivity index (χ2v) is 9.10. The SMILES string of the molecule is C[C@@H]1C[C@H](N(Cc2ccccc2)Cc2ccccc2)CN(C(=O)OC(C)(C)C)C1=O. The Hall–Kier alpha value is -2.66. The number of amides is 2. The summed E-state index contributed by atoms with van der Waals surface area (Å²) < 4.78 is 5.51. The maximum atomic E-state index is 12.7. The maximum Gasteiger partial charge on any atom is 0.417 e. The molecule has 5 nitrogen and oxygen atoms in total. The Kier molecular flexibility index (Phi) is 6.93. The first kappa shape index (κ1) is 22.0. The summed E-state index contributed by atoms with van der Waals surface area (Å²) in [4.78, 5) is 29.1. The monoisotopic (exact) mass is 408 g/mol. The minimum absolute atomic E-state index is 0.0608. The van der Waals surface area contributed by atoms with Crippen molar-refractivity contribution < 1.29 is 14.3 Å². The van der Waals surface area contributed by atoms with E-state index in [4.69, 9.17) is 4.74 Å². The molecule has 0 radical (unpaired) electrons. The zero-order valence-electron chi connectivity index (χ0n) is 18.4. The summed E-state index contributed by atoms with van der Waals surface area (Å²) in [6, 6.07) is 20.7. The predicted octanol–water partition coefficient (Wildman–Crippen LogP) is 4.86. The quantitative estimate of drug-likeness (QED) is 0.709. The second-order valence-electron chi connectivity index (χ2n) is 9.10. The highest BCUT2D eigenvalue weighted by Crippen LogP contribution is 2.26. The van der Waals surface area contributed by atoms with Gasteiger partial charge in [0.2, 0.25) is 5.91 Å². The Morgan fingerprint density at radius 2 is 1.50 bits per heavy atom. The topological polar surface area (TPSA) is 49.9 Å². The van der Waals surface area contributed by atoms with Gasteiger partial charge in [0.25, 0.3) is 0 Å². The highest BCUT2D eigenvalue weighted by Gasteiger charge is 2.39. The van der Waals surface area contributed by atoms with Crippen molar-refractivity contribution in [3.8, 4) is 0 Å². The van der Waals surface area contributed by atoms with E-state index >= 15 is 0 Å². The molecule has 5 heteroatoms. The molecule has 160 valence electrons. The van der Waals surface area contributed by atoms with Crippen molar-refractivity contribution in [2.75, 3.05) is 6.54 Å². The van der Waals surface area contributed by atoms with Gasteiger partial charge in [0.15, 0.2) is 0 Å². The number of carbonyl (C=O) groups excluding carboxylic acids is 2. The maximum absolute atomic E-state index is 12.7. The van der Waals surface area contributed by atoms with Gasteiger partial charge >= 0.3 is 6.09 Å². The first-order valence-electron chi connectivity index (χ1n) is 10.6. The Labute approximate surface area is 179 Å². The normalized spacial score (nSPS) is 19.8. The first-order valence-corrected chi connectivity index (χ1v) is 10.6. The largest absolute Gasteiger partial charge is 0.443 e. The van der Waals surface area contributed by atoms with Crippen LogP contribution in [0.2, 0.25) is 0 Å². The third kappa shape index (κ3) is 5.92. The van der Waals surface area contributed by atoms with Gasteiger partial charge in [0, 0.05) is 31.6 Å². The van der Waals surface area contributed by atoms with Crippen LogP contribution in [0, 0.1) is 5.92 Å². The number of piperidine rings is 1. The molecule has 0 bridgehead atoms. The Morgan fingerprint density at radius 1 is 1.00 bits per heavy atom. The molecule has 2 aromatic rings. The number of carbonyl (C=O) groups is 2. The molecule has 0 aromatic heterocycles. The van der Waals surface area contributed by atoms with Crippen LogP contribution in [-0.2, 0) is 22.6 Å². The number of likely N-dealkylation sites (tertiary alicyclic amines) is 1. The van der Waals surface area contributed by atoms with Crippen LogP contribution in [0.1, 0.15) is 45.2 Å². The lowest BCUT2D eigenvalue weighted by Crippen LogP contribution is -2.55. The molecule has 0 N–H and O–H groups in total. The summed E-state index contributed by atoms with van der Waals surface area (Å²) >= 11 is 0. The van der Waals surface area contributed by atoms with Gasteiger partial charge in [-0.25, -0.2) is 9.69 Å². The third-order valence-electron chi connectivity index (χ3n) is 5.29. The molecule has 30 heavy (non-hydrogen) atoms. The van der Waals surface area contributed by atoms with Crippen LogP contribution >= 0.6 is 0 Å². The van der Waals surface area contributed by atoms with Crippen molar-refractivity contribution >= 4 is 12.0 Å². The Morgan fingerprint density at radius 3 is 1.97 bits per heavy atom. The molecule has 1 aliphatic heterocycles. The molecule has 3 rings (SSSR count). The van der Waals surface area contributed by atoms with Crippen molar-refractivity contribution in [3.05, 3.63) is 71.8 Å². The van der Waals surface area contributed by atoms with Crippen LogP contribution in [0.15, 0.2) is 60.7 Å². The van der Waals surface area contributed by atoms with Crippen LogP contribution in [0.5, 0.6) is 0 Å². The zero-order chi connectivity index (χ0) is 21.7. The van der Waals surface area contributed by atoms with E-state index in [-0.39, 0.29) is 17.9 Å². The molecule has 1 saturated heterocycles. The molecular formula is C25H32N2O3. The number of rotatable bonds is 5. The van der Waals surface area contributed by atoms with Crippen LogP contribution in [0.3, 0.4) is 0 Å². The van der Waals surface area contributed by atoms with Crippen molar-refractivity contribution in [3.63, 3.8) is 0 Å². The van der Waals surface area contributed by atoms with E-state index < -0.39 is 11.7 Å². The number of imide groups is 1. The van der Waals surface area contributed by atoms with Crippen molar-refractivity contribution in [2.45, 2.75) is 58.8 Å². The standard InChI is InChI=1S/C25H32N2O3/c1-19-15-22(18-27(23(19)28)24(29)30-25(2,3)4)26(16-20-11-7-5-8-12-20)17-21-13-9-6-10-14-21/h5-14,19,22H,15-18H2,1-4H3/t19-,22+/m1/s1. The van der Waals surface area contributed by atoms with Gasteiger partial charge in [0.05, 0.1) is 0 Å². The van der Waals surface area contributed by atoms with Crippen LogP contribution in [-0.4, -0.2) is 40.0 Å². The molecule has 1 heterocycles. The third-order valence-corrected chi connectivity index (χ3v) is 5.29. The summed E-state index contributed by atoms with van der Waals surface area (Å²) in [7, 11) is 0. The molecular weight excluding hydrogens is 376 g/mol. The van der Waals surface area contributed by atoms with Gasteiger partial charge in [-0.3, -0.25) is 9.69 Å². The van der Waals surface area contributed by atoms with Crippen molar-refractivity contribution in [1.82, 2.24) is 9.80 Å². The van der Waals surface area contributed by atoms with Gasteiger partial charge in [0.1, 0.15) is 5.60 Å². The lowest BCUT2D eigenvalue weighted by atomic mass is 9.93. The number of benzene rings is 2. The summed E-state index contributed by atoms with van der Waals surface area (Å²) in [5.74, 6) is -0.384. The summed E-state index contributed by atoms with van der Waals surface area (Å²) in [5, 5.41) is 0. The fourth-order valence-electron chi connectivity index (χ4n) is 3.85. The predicted molar refractivity (Wildman–Crippen MR) is 118 cm³/mol. The average molecular weight is 409 g/mol. The summed E-state index contributed by atoms with van der Waals surface area (Å²) in [6.45, 7) is 9.20. The van der Waals surface area contributed by atoms with E-state index in [0.29, 0.717) is 6.54 Å². The fourth-order valence-corrected chi connectivity index (χ4v) is 3.85. The molecule has 2 aromatic carbocycles. The lowest BCUT2D eigenvalue weighted by Gasteiger charge is -2.41. The fraction of sp³-hybridized carbons (Fsp3) is 0.440. The molecule has 2 atom stereocenters. The van der Waals surface area contributed by atoms with E-state index in [2.05, 4.69) is 29.2 Å². The van der Waals surface area contributed by atoms with Gasteiger partial charge < -0.3 is 4.74 Å². The second kappa shape index (κ2) is 9.43. The number of nitrogens with zero attached hydrogens (tertiary/aromatic N) is 2. The lowest BCUT2D eigenvalue weighted by molar-refractivity contribution is -0.139. The summed E-state index contributed by atoms with van der Waals surface area (Å²) in [6.07, 6.45) is 0.168. The molecule has 0 spiro atoms. The van der Waals surface area contributed by atoms with E-state index in [9.17, 15) is 9.59 Å². The minimum atomic E-state index is -0.638. The van der Waals surface area contributed by atoms with Crippen LogP contribution < -0.4 is 0 Å². The molecule has 2 amide bonds. The smallest absolute Gasteiger partial charge is 0.417 e. The Bertz CT molecular complexity index is 804. The summed E-state index contributed by atoms with van der Waals surface area (Å²) in [5.41, 5.74) is 1.78. The van der Waals surface area contributed by atoms with Crippen molar-refractivity contribution in [2.24, 2.45) is 5.92 Å². The van der Waals surface area contributed by atoms with E-state index in [1.54, 1.807) is 0 Å². The average Bonchev–Trinajstić information content (AvgIpc) is 2.69. The highest BCUT2D eigenvalue weighted by molar-refractivity contribution is 5.94. The molecule has 0 unspecified atom stereocenters. The van der Waals surface area contributed by atoms with E-state index in [1.807, 2.05) is 64.1 Å². The molecule has 1 fully saturated rings. The number of hydrogen-bond donors (Lipinski definition) is 0. The van der Waals surface area contributed by atoms with E-state index in [1.165, 1.54) is 16.0 Å². The first-order chi connectivity index (χ1) is 14.2. The zero-order valence-corrected chi connectivity index (χ0v) is 18.4. The number of ether oxygens (including phenoxy) is 1. The minimum Gasteiger partial charge on any atom is -0.443 e. The number of hydrogen-bond acceptors (Lipinski definition) is 4. The van der Waals surface area contributed by atoms with Gasteiger partial charge in [-0.15, -0.1) is 0 Å². The van der Waals surface area contributed by atoms with Crippen LogP contribution in [0.4, 0.5) is 4.79 Å². The highest BCUT2D eigenvalue weighted by atomic mass is 16.6. The van der Waals surface area contributed by atoms with Gasteiger partial charge in [-0.1, -0.05) is 67.6 Å². The van der Waals surface area contributed by atoms with Crippen LogP contribution in [0.25, 0.3) is 0 Å². The molecule has 0 aliphatic carbocycles. The van der Waals surface area contributed by atoms with Gasteiger partial charge in [-0.05, 0) is 38.3 Å². The van der Waals surface area contributed by atoms with Gasteiger partial charge in [-0.2, -0.15) is 0 Å². The van der Waals surface area contributed by atoms with E-state index in [0.717, 1.165) is 19.5 Å².